The molecule has 4 rings (SSSR count). The fourth-order valence-corrected chi connectivity index (χ4v) is 3.47. The van der Waals surface area contributed by atoms with Gasteiger partial charge in [0.1, 0.15) is 25.4 Å². The van der Waals surface area contributed by atoms with Gasteiger partial charge in [-0.15, -0.1) is 5.10 Å². The average molecular weight is 566 g/mol. The second-order valence-corrected chi connectivity index (χ2v) is 8.52. The van der Waals surface area contributed by atoms with Gasteiger partial charge in [0, 0.05) is 38.0 Å². The van der Waals surface area contributed by atoms with Gasteiger partial charge in [-0.1, -0.05) is 5.21 Å². The summed E-state index contributed by atoms with van der Waals surface area (Å²) < 4.78 is 60.6. The van der Waals surface area contributed by atoms with E-state index in [1.165, 1.54) is 36.1 Å². The van der Waals surface area contributed by atoms with Crippen LogP contribution in [0.4, 0.5) is 19.0 Å². The number of ether oxygens (including phenoxy) is 4. The highest BCUT2D eigenvalue weighted by atomic mass is 19.4. The average Bonchev–Trinajstić information content (AvgIpc) is 3.58. The molecule has 4 heterocycles. The number of carbonyl (C=O) groups excluding carboxylic acids is 2. The summed E-state index contributed by atoms with van der Waals surface area (Å²) in [4.78, 5) is 38.0. The summed E-state index contributed by atoms with van der Waals surface area (Å²) in [5.41, 5.74) is -0.885. The van der Waals surface area contributed by atoms with E-state index in [1.807, 2.05) is 0 Å². The van der Waals surface area contributed by atoms with E-state index in [4.69, 9.17) is 18.9 Å². The van der Waals surface area contributed by atoms with Crippen LogP contribution in [0.3, 0.4) is 0 Å². The molecule has 0 aromatic carbocycles. The SMILES string of the molecule is COc1nccc(O[C@@H]2CO[C@@H](C(=O)Nc3cn(CC(=O)N(C)CCOc4ccc(C(F)(F)F)cn4)nn3)C2)n1. The number of pyridine rings is 1. The maximum Gasteiger partial charge on any atom is 0.417 e. The third-order valence-corrected chi connectivity index (χ3v) is 5.58. The number of alkyl halides is 3. The molecular formula is C23H25F3N8O6. The third-order valence-electron chi connectivity index (χ3n) is 5.58. The second kappa shape index (κ2) is 12.5. The Kier molecular flexibility index (Phi) is 8.93. The van der Waals surface area contributed by atoms with Crippen LogP contribution < -0.4 is 19.5 Å². The van der Waals surface area contributed by atoms with Gasteiger partial charge in [-0.25, -0.2) is 14.6 Å². The first-order valence-corrected chi connectivity index (χ1v) is 11.9. The molecule has 2 atom stereocenters. The molecule has 214 valence electrons. The quantitative estimate of drug-likeness (QED) is 0.356. The summed E-state index contributed by atoms with van der Waals surface area (Å²) in [6.07, 6.45) is -1.85. The van der Waals surface area contributed by atoms with Gasteiger partial charge >= 0.3 is 12.2 Å². The lowest BCUT2D eigenvalue weighted by molar-refractivity contribution is -0.138. The Labute approximate surface area is 225 Å². The minimum Gasteiger partial charge on any atom is -0.476 e. The molecule has 40 heavy (non-hydrogen) atoms. The van der Waals surface area contributed by atoms with Crippen molar-refractivity contribution >= 4 is 17.6 Å². The van der Waals surface area contributed by atoms with Gasteiger partial charge in [-0.3, -0.25) is 9.59 Å². The second-order valence-electron chi connectivity index (χ2n) is 8.52. The maximum atomic E-state index is 12.6. The number of nitrogens with zero attached hydrogens (tertiary/aromatic N) is 7. The van der Waals surface area contributed by atoms with Crippen molar-refractivity contribution in [1.29, 1.82) is 0 Å². The lowest BCUT2D eigenvalue weighted by Gasteiger charge is -2.17. The van der Waals surface area contributed by atoms with Crippen LogP contribution in [-0.4, -0.2) is 92.8 Å². The molecule has 1 fully saturated rings. The first kappa shape index (κ1) is 28.5. The molecule has 0 spiro atoms. The molecule has 2 amide bonds. The van der Waals surface area contributed by atoms with Crippen LogP contribution >= 0.6 is 0 Å². The van der Waals surface area contributed by atoms with Crippen molar-refractivity contribution in [3.8, 4) is 17.8 Å². The highest BCUT2D eigenvalue weighted by Crippen LogP contribution is 2.29. The summed E-state index contributed by atoms with van der Waals surface area (Å²) in [5, 5.41) is 10.3. The van der Waals surface area contributed by atoms with E-state index in [0.29, 0.717) is 12.1 Å². The molecule has 0 aliphatic carbocycles. The Hall–Kier alpha value is -4.54. The van der Waals surface area contributed by atoms with E-state index in [-0.39, 0.29) is 56.3 Å². The number of hydrogen-bond donors (Lipinski definition) is 1. The van der Waals surface area contributed by atoms with Gasteiger partial charge in [0.15, 0.2) is 5.82 Å². The maximum absolute atomic E-state index is 12.6. The number of nitrogens with one attached hydrogen (secondary N) is 1. The topological polar surface area (TPSA) is 156 Å². The minimum absolute atomic E-state index is 0.00361. The Morgan fingerprint density at radius 1 is 1.23 bits per heavy atom. The van der Waals surface area contributed by atoms with E-state index in [9.17, 15) is 22.8 Å². The van der Waals surface area contributed by atoms with Crippen LogP contribution in [-0.2, 0) is 27.0 Å². The van der Waals surface area contributed by atoms with Crippen molar-refractivity contribution in [1.82, 2.24) is 34.8 Å². The van der Waals surface area contributed by atoms with Crippen LogP contribution in [0.2, 0.25) is 0 Å². The summed E-state index contributed by atoms with van der Waals surface area (Å²) in [6, 6.07) is 3.69. The highest BCUT2D eigenvalue weighted by Gasteiger charge is 2.33. The van der Waals surface area contributed by atoms with Crippen LogP contribution in [0, 0.1) is 0 Å². The van der Waals surface area contributed by atoms with E-state index in [2.05, 4.69) is 30.6 Å². The Morgan fingerprint density at radius 3 is 2.77 bits per heavy atom. The molecule has 0 unspecified atom stereocenters. The normalized spacial score (nSPS) is 16.8. The molecule has 0 bridgehead atoms. The van der Waals surface area contributed by atoms with Crippen molar-refractivity contribution < 1.29 is 41.7 Å². The smallest absolute Gasteiger partial charge is 0.417 e. The van der Waals surface area contributed by atoms with Crippen molar-refractivity contribution in [2.24, 2.45) is 0 Å². The summed E-state index contributed by atoms with van der Waals surface area (Å²) in [5.74, 6) is -0.361. The lowest BCUT2D eigenvalue weighted by atomic mass is 10.2. The third kappa shape index (κ3) is 7.75. The summed E-state index contributed by atoms with van der Waals surface area (Å²) >= 11 is 0. The number of methoxy groups -OCH3 is 1. The number of likely N-dealkylation sites (N-methyl/N-ethyl adjacent to an activating group) is 1. The molecule has 17 heteroatoms. The molecule has 1 saturated heterocycles. The zero-order valence-corrected chi connectivity index (χ0v) is 21.4. The van der Waals surface area contributed by atoms with Crippen LogP contribution in [0.15, 0.2) is 36.8 Å². The number of aromatic nitrogens is 6. The summed E-state index contributed by atoms with van der Waals surface area (Å²) in [7, 11) is 2.96. The monoisotopic (exact) mass is 566 g/mol. The van der Waals surface area contributed by atoms with Crippen molar-refractivity contribution in [2.75, 3.05) is 39.2 Å². The Balaban J connectivity index is 1.18. The zero-order valence-electron chi connectivity index (χ0n) is 21.4. The minimum atomic E-state index is -4.49. The largest absolute Gasteiger partial charge is 0.476 e. The lowest BCUT2D eigenvalue weighted by Crippen LogP contribution is -2.33. The number of carbonyl (C=O) groups is 2. The predicted molar refractivity (Wildman–Crippen MR) is 128 cm³/mol. The molecule has 3 aromatic heterocycles. The van der Waals surface area contributed by atoms with Crippen LogP contribution in [0.5, 0.6) is 17.8 Å². The van der Waals surface area contributed by atoms with Gasteiger partial charge in [-0.05, 0) is 6.07 Å². The molecule has 1 aliphatic heterocycles. The number of amides is 2. The fraction of sp³-hybridized carbons (Fsp3) is 0.435. The Morgan fingerprint density at radius 2 is 2.05 bits per heavy atom. The van der Waals surface area contributed by atoms with Gasteiger partial charge in [-0.2, -0.15) is 18.2 Å². The molecular weight excluding hydrogens is 541 g/mol. The van der Waals surface area contributed by atoms with E-state index >= 15 is 0 Å². The van der Waals surface area contributed by atoms with Crippen LogP contribution in [0.25, 0.3) is 0 Å². The van der Waals surface area contributed by atoms with Gasteiger partial charge < -0.3 is 29.2 Å². The molecule has 3 aromatic rings. The first-order valence-electron chi connectivity index (χ1n) is 11.9. The van der Waals surface area contributed by atoms with Gasteiger partial charge in [0.25, 0.3) is 5.91 Å². The highest BCUT2D eigenvalue weighted by molar-refractivity contribution is 5.93. The van der Waals surface area contributed by atoms with Crippen LogP contribution in [0.1, 0.15) is 12.0 Å². The van der Waals surface area contributed by atoms with Gasteiger partial charge in [0.05, 0.1) is 32.0 Å². The molecule has 14 nitrogen and oxygen atoms in total. The summed E-state index contributed by atoms with van der Waals surface area (Å²) in [6.45, 7) is 0.159. The molecule has 0 radical (unpaired) electrons. The predicted octanol–water partition coefficient (Wildman–Crippen LogP) is 1.20. The van der Waals surface area contributed by atoms with E-state index in [1.54, 1.807) is 6.07 Å². The van der Waals surface area contributed by atoms with Crippen molar-refractivity contribution in [3.63, 3.8) is 0 Å². The zero-order chi connectivity index (χ0) is 28.7. The molecule has 1 aliphatic rings. The van der Waals surface area contributed by atoms with E-state index < -0.39 is 29.9 Å². The molecule has 1 N–H and O–H groups in total. The Bertz CT molecular complexity index is 1310. The van der Waals surface area contributed by atoms with Crippen molar-refractivity contribution in [2.45, 2.75) is 31.3 Å². The standard InChI is InChI=1S/C23H25F3N8O6/c1-33(7-8-38-18-4-3-14(10-28-18)23(24,25)26)20(35)12-34-11-17(31-32-34)29-21(36)16-9-15(13-39-16)40-19-5-6-27-22(30-19)37-2/h3-6,10-11,15-16H,7-9,12-13H2,1-2H3,(H,29,36)/t15-,16+/m0/s1. The molecule has 0 saturated carbocycles. The number of anilines is 1. The number of halogens is 3. The fourth-order valence-electron chi connectivity index (χ4n) is 3.47. The first-order chi connectivity index (χ1) is 19.1. The number of rotatable bonds is 11. The van der Waals surface area contributed by atoms with Crippen molar-refractivity contribution in [3.05, 3.63) is 42.4 Å². The van der Waals surface area contributed by atoms with E-state index in [0.717, 1.165) is 12.1 Å². The number of hydrogen-bond acceptors (Lipinski definition) is 11. The van der Waals surface area contributed by atoms with Gasteiger partial charge in [0.2, 0.25) is 17.7 Å².